The Labute approximate surface area is 230 Å². The summed E-state index contributed by atoms with van der Waals surface area (Å²) in [7, 11) is 0. The second-order valence-corrected chi connectivity index (χ2v) is 9.82. The van der Waals surface area contributed by atoms with Crippen molar-refractivity contribution in [3.8, 4) is 11.1 Å². The summed E-state index contributed by atoms with van der Waals surface area (Å²) >= 11 is 0. The van der Waals surface area contributed by atoms with E-state index in [4.69, 9.17) is 9.97 Å². The number of aliphatic hydroxyl groups is 1. The summed E-state index contributed by atoms with van der Waals surface area (Å²) < 4.78 is 2.01. The first-order chi connectivity index (χ1) is 18.9. The lowest BCUT2D eigenvalue weighted by Crippen LogP contribution is -2.30. The highest BCUT2D eigenvalue weighted by Gasteiger charge is 2.18. The standard InChI is InChI=1S/C30H39N7O2/c1-6-23(18-38)33-30-34-27(26-28(35-30)37(19-32-26)20(4)5)31-17-21-13-15-22(16-14-21)24-11-9-10-12-25(24)29(39)36(7-2)8-3/h9-16,19-20,23,38H,6-8,17-18H2,1-5H3,(H2,31,33,34,35)/t23-/m1/s1. The van der Waals surface area contributed by atoms with Gasteiger partial charge in [-0.2, -0.15) is 9.97 Å². The Morgan fingerprint density at radius 1 is 1.03 bits per heavy atom. The van der Waals surface area contributed by atoms with Gasteiger partial charge in [0.05, 0.1) is 19.0 Å². The predicted molar refractivity (Wildman–Crippen MR) is 157 cm³/mol. The SMILES string of the molecule is CC[C@H](CO)Nc1nc(NCc2ccc(-c3ccccc3C(=O)N(CC)CC)cc2)c2ncn(C(C)C)c2n1. The van der Waals surface area contributed by atoms with Crippen LogP contribution in [0.15, 0.2) is 54.9 Å². The zero-order chi connectivity index (χ0) is 27.9. The van der Waals surface area contributed by atoms with Crippen LogP contribution >= 0.6 is 0 Å². The summed E-state index contributed by atoms with van der Waals surface area (Å²) in [6.45, 7) is 12.1. The molecule has 2 aromatic heterocycles. The van der Waals surface area contributed by atoms with Crippen molar-refractivity contribution >= 4 is 28.8 Å². The van der Waals surface area contributed by atoms with Gasteiger partial charge in [-0.1, -0.05) is 49.4 Å². The lowest BCUT2D eigenvalue weighted by molar-refractivity contribution is 0.0773. The van der Waals surface area contributed by atoms with Crippen molar-refractivity contribution in [1.29, 1.82) is 0 Å². The molecule has 0 aliphatic heterocycles. The van der Waals surface area contributed by atoms with Gasteiger partial charge in [0.2, 0.25) is 5.95 Å². The van der Waals surface area contributed by atoms with Gasteiger partial charge >= 0.3 is 0 Å². The topological polar surface area (TPSA) is 108 Å². The molecule has 0 spiro atoms. The third-order valence-electron chi connectivity index (χ3n) is 6.96. The third-order valence-corrected chi connectivity index (χ3v) is 6.96. The van der Waals surface area contributed by atoms with Gasteiger partial charge in [0.15, 0.2) is 17.0 Å². The average Bonchev–Trinajstić information content (AvgIpc) is 3.40. The van der Waals surface area contributed by atoms with E-state index in [0.29, 0.717) is 42.5 Å². The lowest BCUT2D eigenvalue weighted by Gasteiger charge is -2.20. The van der Waals surface area contributed by atoms with E-state index in [1.807, 2.05) is 54.5 Å². The van der Waals surface area contributed by atoms with E-state index < -0.39 is 0 Å². The van der Waals surface area contributed by atoms with Gasteiger partial charge < -0.3 is 25.2 Å². The Kier molecular flexibility index (Phi) is 9.14. The number of aromatic nitrogens is 4. The van der Waals surface area contributed by atoms with Crippen LogP contribution in [0.25, 0.3) is 22.3 Å². The number of carbonyl (C=O) groups is 1. The fourth-order valence-electron chi connectivity index (χ4n) is 4.53. The summed E-state index contributed by atoms with van der Waals surface area (Å²) in [6, 6.07) is 16.0. The molecule has 2 heterocycles. The van der Waals surface area contributed by atoms with Gasteiger partial charge in [0.1, 0.15) is 0 Å². The number of hydrogen-bond donors (Lipinski definition) is 3. The molecule has 0 aliphatic rings. The molecule has 206 valence electrons. The van der Waals surface area contributed by atoms with Crippen LogP contribution in [0.4, 0.5) is 11.8 Å². The maximum atomic E-state index is 13.1. The van der Waals surface area contributed by atoms with Crippen LogP contribution in [0.2, 0.25) is 0 Å². The zero-order valence-electron chi connectivity index (χ0n) is 23.5. The first-order valence-electron chi connectivity index (χ1n) is 13.7. The molecule has 39 heavy (non-hydrogen) atoms. The highest BCUT2D eigenvalue weighted by molar-refractivity contribution is 6.00. The number of rotatable bonds is 12. The molecule has 1 amide bonds. The normalized spacial score (nSPS) is 12.1. The Morgan fingerprint density at radius 2 is 1.74 bits per heavy atom. The van der Waals surface area contributed by atoms with Crippen molar-refractivity contribution in [2.75, 3.05) is 30.3 Å². The maximum Gasteiger partial charge on any atom is 0.254 e. The molecular formula is C30H39N7O2. The number of benzene rings is 2. The minimum atomic E-state index is -0.130. The van der Waals surface area contributed by atoms with E-state index in [0.717, 1.165) is 28.8 Å². The monoisotopic (exact) mass is 529 g/mol. The molecule has 0 unspecified atom stereocenters. The molecule has 0 bridgehead atoms. The van der Waals surface area contributed by atoms with Gasteiger partial charge in [-0.05, 0) is 56.9 Å². The lowest BCUT2D eigenvalue weighted by atomic mass is 9.98. The third kappa shape index (κ3) is 6.20. The van der Waals surface area contributed by atoms with Crippen molar-refractivity contribution in [3.05, 3.63) is 66.0 Å². The predicted octanol–water partition coefficient (Wildman–Crippen LogP) is 5.35. The molecular weight excluding hydrogens is 490 g/mol. The Balaban J connectivity index is 1.58. The number of amides is 1. The molecule has 0 aliphatic carbocycles. The molecule has 0 radical (unpaired) electrons. The molecule has 2 aromatic carbocycles. The largest absolute Gasteiger partial charge is 0.394 e. The molecule has 9 heteroatoms. The molecule has 4 rings (SSSR count). The first kappa shape index (κ1) is 28.0. The number of aliphatic hydroxyl groups excluding tert-OH is 1. The van der Waals surface area contributed by atoms with Crippen molar-refractivity contribution in [3.63, 3.8) is 0 Å². The molecule has 3 N–H and O–H groups in total. The number of nitrogens with one attached hydrogen (secondary N) is 2. The number of hydrogen-bond acceptors (Lipinski definition) is 7. The van der Waals surface area contributed by atoms with Crippen molar-refractivity contribution in [2.45, 2.75) is 59.7 Å². The zero-order valence-corrected chi connectivity index (χ0v) is 23.5. The van der Waals surface area contributed by atoms with E-state index in [-0.39, 0.29) is 24.6 Å². The highest BCUT2D eigenvalue weighted by atomic mass is 16.3. The second-order valence-electron chi connectivity index (χ2n) is 9.82. The average molecular weight is 530 g/mol. The fraction of sp³-hybridized carbons (Fsp3) is 0.400. The number of carbonyl (C=O) groups excluding carboxylic acids is 1. The van der Waals surface area contributed by atoms with Crippen molar-refractivity contribution in [1.82, 2.24) is 24.4 Å². The molecule has 0 saturated carbocycles. The van der Waals surface area contributed by atoms with Gasteiger partial charge in [0.25, 0.3) is 5.91 Å². The number of anilines is 2. The van der Waals surface area contributed by atoms with Crippen LogP contribution in [0.3, 0.4) is 0 Å². The van der Waals surface area contributed by atoms with Gasteiger partial charge in [-0.15, -0.1) is 0 Å². The van der Waals surface area contributed by atoms with E-state index in [2.05, 4.69) is 53.7 Å². The summed E-state index contributed by atoms with van der Waals surface area (Å²) in [5.74, 6) is 1.14. The summed E-state index contributed by atoms with van der Waals surface area (Å²) in [5.41, 5.74) is 5.14. The minimum Gasteiger partial charge on any atom is -0.394 e. The van der Waals surface area contributed by atoms with Crippen LogP contribution in [0.1, 0.15) is 63.0 Å². The number of fused-ring (bicyclic) bond motifs is 1. The van der Waals surface area contributed by atoms with Crippen molar-refractivity contribution < 1.29 is 9.90 Å². The second kappa shape index (κ2) is 12.7. The Hall–Kier alpha value is -3.98. The number of nitrogens with zero attached hydrogens (tertiary/aromatic N) is 5. The van der Waals surface area contributed by atoms with Crippen LogP contribution in [0, 0.1) is 0 Å². The van der Waals surface area contributed by atoms with E-state index in [9.17, 15) is 9.90 Å². The molecule has 0 saturated heterocycles. The fourth-order valence-corrected chi connectivity index (χ4v) is 4.53. The quantitative estimate of drug-likeness (QED) is 0.227. The molecule has 0 fully saturated rings. The van der Waals surface area contributed by atoms with E-state index in [1.54, 1.807) is 6.33 Å². The van der Waals surface area contributed by atoms with Crippen LogP contribution < -0.4 is 10.6 Å². The summed E-state index contributed by atoms with van der Waals surface area (Å²) in [6.07, 6.45) is 2.54. The smallest absolute Gasteiger partial charge is 0.254 e. The van der Waals surface area contributed by atoms with Crippen LogP contribution in [0.5, 0.6) is 0 Å². The van der Waals surface area contributed by atoms with Gasteiger partial charge in [-0.25, -0.2) is 4.98 Å². The molecule has 4 aromatic rings. The molecule has 9 nitrogen and oxygen atoms in total. The van der Waals surface area contributed by atoms with E-state index in [1.165, 1.54) is 0 Å². The van der Waals surface area contributed by atoms with Crippen LogP contribution in [-0.4, -0.2) is 61.2 Å². The highest BCUT2D eigenvalue weighted by Crippen LogP contribution is 2.27. The van der Waals surface area contributed by atoms with E-state index >= 15 is 0 Å². The van der Waals surface area contributed by atoms with Gasteiger partial charge in [-0.3, -0.25) is 4.79 Å². The minimum absolute atomic E-state index is 0.0000952. The van der Waals surface area contributed by atoms with Gasteiger partial charge in [0, 0.05) is 31.2 Å². The first-order valence-corrected chi connectivity index (χ1v) is 13.7. The Bertz CT molecular complexity index is 1390. The Morgan fingerprint density at radius 3 is 2.38 bits per heavy atom. The maximum absolute atomic E-state index is 13.1. The van der Waals surface area contributed by atoms with Crippen molar-refractivity contribution in [2.24, 2.45) is 0 Å². The van der Waals surface area contributed by atoms with Crippen LogP contribution in [-0.2, 0) is 6.54 Å². The number of imidazole rings is 1. The summed E-state index contributed by atoms with van der Waals surface area (Å²) in [5, 5.41) is 16.3. The summed E-state index contributed by atoms with van der Waals surface area (Å²) in [4.78, 5) is 28.9. The molecule has 1 atom stereocenters.